The molecule has 0 aliphatic carbocycles. The zero-order chi connectivity index (χ0) is 29.5. The molecule has 0 aromatic carbocycles. The van der Waals surface area contributed by atoms with Crippen LogP contribution in [0.4, 0.5) is 0 Å². The molecule has 0 spiro atoms. The molecular weight excluding hydrogens is 659 g/mol. The zero-order valence-corrected chi connectivity index (χ0v) is 27.5. The van der Waals surface area contributed by atoms with E-state index >= 15 is 0 Å². The van der Waals surface area contributed by atoms with Crippen LogP contribution >= 0.6 is 22.6 Å². The predicted octanol–water partition coefficient (Wildman–Crippen LogP) is 3.31. The van der Waals surface area contributed by atoms with Crippen LogP contribution in [0, 0.1) is 0 Å². The molecule has 37 heavy (non-hydrogen) atoms. The monoisotopic (exact) mass is 702 g/mol. The number of thioether (sulfide) groups is 1. The number of allylic oxidation sites excluding steroid dienone is 2. The molecule has 0 rings (SSSR count). The summed E-state index contributed by atoms with van der Waals surface area (Å²) < 4.78 is 24.2. The van der Waals surface area contributed by atoms with E-state index in [0.29, 0.717) is 17.3 Å². The minimum atomic E-state index is -1.19. The number of rotatable bonds is 19. The van der Waals surface area contributed by atoms with Crippen LogP contribution in [0.3, 0.4) is 0 Å². The summed E-state index contributed by atoms with van der Waals surface area (Å²) in [6, 6.07) is -1.78. The molecule has 212 valence electrons. The van der Waals surface area contributed by atoms with Gasteiger partial charge in [0.25, 0.3) is 0 Å². The van der Waals surface area contributed by atoms with Crippen LogP contribution in [-0.2, 0) is 30.2 Å². The Labute approximate surface area is 245 Å². The molecule has 0 amide bonds. The Morgan fingerprint density at radius 3 is 1.65 bits per heavy atom. The number of carboxylic acid groups (broad SMARTS) is 2. The number of carboxylic acids is 2. The van der Waals surface area contributed by atoms with Crippen molar-refractivity contribution in [1.29, 1.82) is 0 Å². The van der Waals surface area contributed by atoms with Gasteiger partial charge in [0.05, 0.1) is 15.6 Å². The first-order valence-electron chi connectivity index (χ1n) is 10.8. The van der Waals surface area contributed by atoms with E-state index in [-0.39, 0.29) is 26.9 Å². The van der Waals surface area contributed by atoms with Crippen LogP contribution in [0.2, 0.25) is 8.87 Å². The van der Waals surface area contributed by atoms with Crippen molar-refractivity contribution in [1.82, 2.24) is 0 Å². The molecule has 0 fully saturated rings. The molecule has 0 aliphatic heterocycles. The van der Waals surface area contributed by atoms with Gasteiger partial charge in [0, 0.05) is 39.6 Å². The molecular formula is C24H42N2O6S4Sn. The number of aliphatic carboxylic acids is 2. The SMILES string of the molecule is C=CCS(=O)CC(N)C(=O)O.C=CCSCC(N)C(=O)O.C=CCSS(=O)CC=C.C=C[CH2][Sn][CH2]C=C. The summed E-state index contributed by atoms with van der Waals surface area (Å²) in [4.78, 5) is 20.3. The fraction of sp³-hybridized carbons (Fsp3) is 0.417. The Bertz CT molecular complexity index is 715. The maximum atomic E-state index is 10.9. The number of carbonyl (C=O) groups is 2. The summed E-state index contributed by atoms with van der Waals surface area (Å²) in [6.45, 7) is 21.1. The third-order valence-corrected chi connectivity index (χ3v) is 11.4. The molecule has 0 aromatic heterocycles. The molecule has 4 atom stereocenters. The Morgan fingerprint density at radius 1 is 0.784 bits per heavy atom. The number of hydrogen-bond donors (Lipinski definition) is 4. The van der Waals surface area contributed by atoms with Crippen molar-refractivity contribution in [3.63, 3.8) is 0 Å². The van der Waals surface area contributed by atoms with E-state index in [9.17, 15) is 18.0 Å². The fourth-order valence-electron chi connectivity index (χ4n) is 1.38. The molecule has 13 heteroatoms. The van der Waals surface area contributed by atoms with Crippen molar-refractivity contribution in [2.45, 2.75) is 21.0 Å². The Hall–Kier alpha value is -0.901. The summed E-state index contributed by atoms with van der Waals surface area (Å²) in [5.74, 6) is 0.725. The van der Waals surface area contributed by atoms with E-state index in [4.69, 9.17) is 21.7 Å². The summed E-state index contributed by atoms with van der Waals surface area (Å²) >= 11 is 1.41. The zero-order valence-electron chi connectivity index (χ0n) is 21.3. The van der Waals surface area contributed by atoms with Gasteiger partial charge < -0.3 is 21.7 Å². The van der Waals surface area contributed by atoms with E-state index in [1.807, 2.05) is 12.2 Å². The van der Waals surface area contributed by atoms with Crippen molar-refractivity contribution in [2.24, 2.45) is 11.5 Å². The minimum absolute atomic E-state index is 0.0125. The van der Waals surface area contributed by atoms with Crippen molar-refractivity contribution < 1.29 is 28.2 Å². The quantitative estimate of drug-likeness (QED) is 0.0681. The Kier molecular flexibility index (Phi) is 40.9. The first-order valence-corrected chi connectivity index (χ1v) is 20.3. The first kappa shape index (κ1) is 43.2. The molecule has 0 saturated carbocycles. The molecule has 8 nitrogen and oxygen atoms in total. The molecule has 2 radical (unpaired) electrons. The Morgan fingerprint density at radius 2 is 1.27 bits per heavy atom. The van der Waals surface area contributed by atoms with Gasteiger partial charge in [-0.05, 0) is 0 Å². The van der Waals surface area contributed by atoms with Crippen molar-refractivity contribution >= 4 is 76.3 Å². The van der Waals surface area contributed by atoms with E-state index in [2.05, 4.69) is 39.5 Å². The third kappa shape index (κ3) is 42.4. The molecule has 0 bridgehead atoms. The normalized spacial score (nSPS) is 12.5. The van der Waals surface area contributed by atoms with Crippen LogP contribution in [0.15, 0.2) is 75.9 Å². The topological polar surface area (TPSA) is 161 Å². The summed E-state index contributed by atoms with van der Waals surface area (Å²) in [5, 5.41) is 16.6. The molecule has 0 saturated heterocycles. The summed E-state index contributed by atoms with van der Waals surface area (Å²) in [6.07, 6.45) is 10.6. The molecule has 0 aliphatic rings. The van der Waals surface area contributed by atoms with Crippen molar-refractivity contribution in [3.05, 3.63) is 75.9 Å². The van der Waals surface area contributed by atoms with Crippen molar-refractivity contribution in [3.8, 4) is 0 Å². The van der Waals surface area contributed by atoms with Gasteiger partial charge in [-0.15, -0.1) is 26.3 Å². The predicted molar refractivity (Wildman–Crippen MR) is 168 cm³/mol. The third-order valence-electron chi connectivity index (χ3n) is 2.99. The van der Waals surface area contributed by atoms with Crippen LogP contribution in [0.5, 0.6) is 0 Å². The van der Waals surface area contributed by atoms with E-state index in [1.54, 1.807) is 18.2 Å². The van der Waals surface area contributed by atoms with Crippen molar-refractivity contribution in [2.75, 3.05) is 34.5 Å². The molecule has 0 aromatic rings. The fourth-order valence-corrected chi connectivity index (χ4v) is 6.52. The van der Waals surface area contributed by atoms with Gasteiger partial charge in [-0.25, -0.2) is 4.21 Å². The van der Waals surface area contributed by atoms with Gasteiger partial charge in [-0.1, -0.05) is 35.1 Å². The number of hydrogen-bond acceptors (Lipinski definition) is 8. The number of nitrogens with two attached hydrogens (primary N) is 2. The molecule has 6 N–H and O–H groups in total. The Balaban J connectivity index is -0.000000199. The van der Waals surface area contributed by atoms with Gasteiger partial charge in [0.2, 0.25) is 0 Å². The van der Waals surface area contributed by atoms with Crippen LogP contribution in [0.25, 0.3) is 0 Å². The summed E-state index contributed by atoms with van der Waals surface area (Å²) in [7, 11) is -0.603. The van der Waals surface area contributed by atoms with E-state index < -0.39 is 44.7 Å². The first-order chi connectivity index (χ1) is 17.5. The average molecular weight is 702 g/mol. The van der Waals surface area contributed by atoms with Crippen LogP contribution in [0.1, 0.15) is 0 Å². The van der Waals surface area contributed by atoms with E-state index in [1.165, 1.54) is 37.5 Å². The second-order valence-corrected chi connectivity index (χ2v) is 16.1. The van der Waals surface area contributed by atoms with Gasteiger partial charge >= 0.3 is 67.3 Å². The van der Waals surface area contributed by atoms with Crippen LogP contribution < -0.4 is 11.5 Å². The van der Waals surface area contributed by atoms with E-state index in [0.717, 1.165) is 11.5 Å². The van der Waals surface area contributed by atoms with Crippen LogP contribution in [-0.4, -0.2) is 98.3 Å². The van der Waals surface area contributed by atoms with Gasteiger partial charge in [0.1, 0.15) is 12.1 Å². The van der Waals surface area contributed by atoms with Gasteiger partial charge in [-0.3, -0.25) is 13.8 Å². The maximum absolute atomic E-state index is 10.9. The van der Waals surface area contributed by atoms with Gasteiger partial charge in [0.15, 0.2) is 0 Å². The standard InChI is InChI=1S/C6H11NO3S.C6H11NO2S.C6H10OS2.2C3H5.Sn/c1-2-3-11(10)4-5(7)6(8)9;1-2-3-10-4-5(7)6(8)9;1-3-5-8-9(7)6-4-2;2*1-3-2;/h2,5H,1,3-4,7H2,(H,8,9);2,5H,1,3-4,7H2,(H,8,9);3-4H,1-2,5-6H2;2*3H,1-2H2;. The average Bonchev–Trinajstić information content (AvgIpc) is 2.84. The summed E-state index contributed by atoms with van der Waals surface area (Å²) in [5.41, 5.74) is 10.3. The second kappa shape index (κ2) is 35.1. The second-order valence-electron chi connectivity index (χ2n) is 6.35. The van der Waals surface area contributed by atoms with Gasteiger partial charge in [-0.2, -0.15) is 11.8 Å². The molecule has 4 unspecified atom stereocenters. The molecule has 0 heterocycles.